The molecule has 200 valence electrons. The van der Waals surface area contributed by atoms with Gasteiger partial charge in [-0.2, -0.15) is 9.97 Å². The second kappa shape index (κ2) is 10.7. The predicted octanol–water partition coefficient (Wildman–Crippen LogP) is 5.90. The van der Waals surface area contributed by atoms with Crippen molar-refractivity contribution in [2.75, 3.05) is 44.7 Å². The standard InChI is InChI=1S/C31H33FN6O/c1-20-8-4-10-22-11-5-13-24(26(20)22)28-27(32)29-25(17-34-28)30(38-15-6-9-21(18-38)16-33-2)36-31(35-29)39-19-23-12-7-14-37(23)3/h4-5,8,10-11,13,17,21,23H,6-7,9,12,14-16,18-19H2,1,3H3/t21-,23-/m0/s1. The van der Waals surface area contributed by atoms with E-state index in [9.17, 15) is 0 Å². The Balaban J connectivity index is 1.47. The van der Waals surface area contributed by atoms with Crippen molar-refractivity contribution >= 4 is 27.5 Å². The summed E-state index contributed by atoms with van der Waals surface area (Å²) < 4.78 is 22.6. The van der Waals surface area contributed by atoms with Crippen molar-refractivity contribution in [3.05, 3.63) is 65.4 Å². The highest BCUT2D eigenvalue weighted by Crippen LogP contribution is 2.36. The fourth-order valence-electron chi connectivity index (χ4n) is 6.14. The van der Waals surface area contributed by atoms with E-state index in [-0.39, 0.29) is 23.1 Å². The van der Waals surface area contributed by atoms with Gasteiger partial charge in [0.05, 0.1) is 5.39 Å². The van der Waals surface area contributed by atoms with E-state index in [1.165, 1.54) is 0 Å². The number of ether oxygens (including phenoxy) is 1. The smallest absolute Gasteiger partial charge is 0.319 e. The highest BCUT2D eigenvalue weighted by Gasteiger charge is 2.28. The highest BCUT2D eigenvalue weighted by atomic mass is 19.1. The summed E-state index contributed by atoms with van der Waals surface area (Å²) in [4.78, 5) is 22.1. The van der Waals surface area contributed by atoms with E-state index in [1.807, 2.05) is 43.3 Å². The Labute approximate surface area is 228 Å². The first-order chi connectivity index (χ1) is 19.0. The first-order valence-electron chi connectivity index (χ1n) is 13.8. The zero-order chi connectivity index (χ0) is 26.9. The van der Waals surface area contributed by atoms with E-state index in [1.54, 1.807) is 6.20 Å². The third-order valence-corrected chi connectivity index (χ3v) is 8.26. The van der Waals surface area contributed by atoms with E-state index >= 15 is 4.39 Å². The van der Waals surface area contributed by atoms with Crippen molar-refractivity contribution in [3.8, 4) is 17.3 Å². The lowest BCUT2D eigenvalue weighted by atomic mass is 9.97. The van der Waals surface area contributed by atoms with Crippen LogP contribution in [0.1, 0.15) is 31.2 Å². The fraction of sp³-hybridized carbons (Fsp3) is 0.419. The topological polar surface area (TPSA) is 58.7 Å². The zero-order valence-electron chi connectivity index (χ0n) is 22.5. The molecule has 39 heavy (non-hydrogen) atoms. The Bertz CT molecular complexity index is 1560. The summed E-state index contributed by atoms with van der Waals surface area (Å²) >= 11 is 0. The summed E-state index contributed by atoms with van der Waals surface area (Å²) in [6, 6.07) is 12.5. The number of halogens is 1. The number of likely N-dealkylation sites (N-methyl/N-ethyl adjacent to an activating group) is 1. The van der Waals surface area contributed by atoms with Crippen molar-refractivity contribution in [1.29, 1.82) is 0 Å². The number of piperidine rings is 1. The minimum atomic E-state index is -0.468. The van der Waals surface area contributed by atoms with Crippen LogP contribution in [-0.4, -0.2) is 65.7 Å². The Morgan fingerprint density at radius 2 is 1.92 bits per heavy atom. The van der Waals surface area contributed by atoms with Gasteiger partial charge in [-0.3, -0.25) is 4.98 Å². The molecule has 6 rings (SSSR count). The average molecular weight is 525 g/mol. The molecule has 4 aromatic rings. The summed E-state index contributed by atoms with van der Waals surface area (Å²) in [5.41, 5.74) is 2.31. The van der Waals surface area contributed by atoms with E-state index < -0.39 is 5.82 Å². The molecule has 2 aliphatic rings. The number of hydrogen-bond donors (Lipinski definition) is 0. The third kappa shape index (κ3) is 4.87. The third-order valence-electron chi connectivity index (χ3n) is 8.26. The number of likely N-dealkylation sites (tertiary alicyclic amines) is 1. The lowest BCUT2D eigenvalue weighted by Gasteiger charge is -2.32. The SMILES string of the molecule is [C-]#[N+]C[C@@H]1CCCN(c2nc(OC[C@@H]3CCCN3C)nc3c(F)c(-c4cccc5cccc(C)c45)ncc23)C1. The number of hydrogen-bond acceptors (Lipinski definition) is 6. The predicted molar refractivity (Wildman–Crippen MR) is 153 cm³/mol. The van der Waals surface area contributed by atoms with Gasteiger partial charge >= 0.3 is 6.01 Å². The van der Waals surface area contributed by atoms with Crippen LogP contribution in [0.5, 0.6) is 6.01 Å². The minimum Gasteiger partial charge on any atom is -0.462 e. The molecule has 0 saturated carbocycles. The minimum absolute atomic E-state index is 0.190. The number of rotatable bonds is 6. The molecule has 0 spiro atoms. The van der Waals surface area contributed by atoms with Crippen LogP contribution in [0.2, 0.25) is 0 Å². The molecule has 0 N–H and O–H groups in total. The first-order valence-corrected chi connectivity index (χ1v) is 13.8. The zero-order valence-corrected chi connectivity index (χ0v) is 22.5. The normalized spacial score (nSPS) is 20.0. The van der Waals surface area contributed by atoms with Crippen LogP contribution in [0.3, 0.4) is 0 Å². The Morgan fingerprint density at radius 1 is 1.10 bits per heavy atom. The number of aromatic nitrogens is 3. The fourth-order valence-corrected chi connectivity index (χ4v) is 6.14. The van der Waals surface area contributed by atoms with Gasteiger partial charge in [-0.05, 0) is 62.5 Å². The van der Waals surface area contributed by atoms with Gasteiger partial charge in [0.1, 0.15) is 23.6 Å². The van der Waals surface area contributed by atoms with Gasteiger partial charge in [-0.25, -0.2) is 11.0 Å². The number of benzene rings is 2. The van der Waals surface area contributed by atoms with Crippen LogP contribution in [0.4, 0.5) is 10.2 Å². The molecule has 0 amide bonds. The molecular formula is C31H33FN6O. The maximum Gasteiger partial charge on any atom is 0.319 e. The maximum absolute atomic E-state index is 16.5. The molecule has 4 heterocycles. The molecule has 0 bridgehead atoms. The van der Waals surface area contributed by atoms with Gasteiger partial charge in [0.15, 0.2) is 5.82 Å². The van der Waals surface area contributed by atoms with Crippen molar-refractivity contribution in [3.63, 3.8) is 0 Å². The van der Waals surface area contributed by atoms with Gasteiger partial charge in [0.2, 0.25) is 6.54 Å². The van der Waals surface area contributed by atoms with Crippen LogP contribution >= 0.6 is 0 Å². The number of fused-ring (bicyclic) bond motifs is 2. The highest BCUT2D eigenvalue weighted by molar-refractivity contribution is 6.00. The molecule has 7 nitrogen and oxygen atoms in total. The second-order valence-corrected chi connectivity index (χ2v) is 10.9. The maximum atomic E-state index is 16.5. The van der Waals surface area contributed by atoms with Gasteiger partial charge in [0.25, 0.3) is 0 Å². The summed E-state index contributed by atoms with van der Waals surface area (Å²) in [5, 5.41) is 2.60. The molecule has 2 aliphatic heterocycles. The van der Waals surface area contributed by atoms with Crippen LogP contribution < -0.4 is 9.64 Å². The second-order valence-electron chi connectivity index (χ2n) is 10.9. The summed E-state index contributed by atoms with van der Waals surface area (Å²) in [6.07, 6.45) is 5.87. The molecule has 2 aromatic carbocycles. The molecule has 0 unspecified atom stereocenters. The van der Waals surface area contributed by atoms with Gasteiger partial charge in [-0.1, -0.05) is 36.4 Å². The summed E-state index contributed by atoms with van der Waals surface area (Å²) in [6.45, 7) is 12.8. The van der Waals surface area contributed by atoms with E-state index in [0.29, 0.717) is 36.9 Å². The molecule has 2 atom stereocenters. The van der Waals surface area contributed by atoms with Crippen LogP contribution in [0.25, 0.3) is 37.8 Å². The van der Waals surface area contributed by atoms with Crippen molar-refractivity contribution in [2.45, 2.75) is 38.6 Å². The number of anilines is 1. The van der Waals surface area contributed by atoms with Gasteiger partial charge < -0.3 is 19.4 Å². The van der Waals surface area contributed by atoms with Crippen molar-refractivity contribution in [2.24, 2.45) is 5.92 Å². The van der Waals surface area contributed by atoms with Crippen LogP contribution in [-0.2, 0) is 0 Å². The van der Waals surface area contributed by atoms with E-state index in [4.69, 9.17) is 16.3 Å². The lowest BCUT2D eigenvalue weighted by Crippen LogP contribution is -2.37. The van der Waals surface area contributed by atoms with E-state index in [2.05, 4.69) is 31.7 Å². The Hall–Kier alpha value is -3.83. The number of nitrogens with zero attached hydrogens (tertiary/aromatic N) is 6. The number of pyridine rings is 1. The van der Waals surface area contributed by atoms with Crippen molar-refractivity contribution in [1.82, 2.24) is 19.9 Å². The van der Waals surface area contributed by atoms with Crippen LogP contribution in [0, 0.1) is 25.2 Å². The first kappa shape index (κ1) is 25.4. The Kier molecular flexibility index (Phi) is 7.01. The molecular weight excluding hydrogens is 491 g/mol. The largest absolute Gasteiger partial charge is 0.462 e. The molecule has 8 heteroatoms. The number of aryl methyl sites for hydroxylation is 1. The summed E-state index contributed by atoms with van der Waals surface area (Å²) in [5.74, 6) is 0.425. The molecule has 0 radical (unpaired) electrons. The van der Waals surface area contributed by atoms with Crippen molar-refractivity contribution < 1.29 is 9.13 Å². The monoisotopic (exact) mass is 524 g/mol. The van der Waals surface area contributed by atoms with Gasteiger partial charge in [0, 0.05) is 36.8 Å². The van der Waals surface area contributed by atoms with E-state index in [0.717, 1.165) is 60.7 Å². The molecule has 0 aliphatic carbocycles. The average Bonchev–Trinajstić information content (AvgIpc) is 3.36. The molecule has 2 saturated heterocycles. The van der Waals surface area contributed by atoms with Gasteiger partial charge in [-0.15, -0.1) is 0 Å². The van der Waals surface area contributed by atoms with Crippen LogP contribution in [0.15, 0.2) is 42.6 Å². The quantitative estimate of drug-likeness (QED) is 0.293. The lowest BCUT2D eigenvalue weighted by molar-refractivity contribution is 0.188. The summed E-state index contributed by atoms with van der Waals surface area (Å²) in [7, 11) is 2.10. The Morgan fingerprint density at radius 3 is 2.72 bits per heavy atom. The molecule has 2 fully saturated rings. The molecule has 2 aromatic heterocycles.